The molecule has 0 bridgehead atoms. The highest BCUT2D eigenvalue weighted by molar-refractivity contribution is 6.01. The van der Waals surface area contributed by atoms with E-state index >= 15 is 0 Å². The minimum atomic E-state index is -0.263. The molecule has 0 aromatic heterocycles. The average molecular weight is 464 g/mol. The van der Waals surface area contributed by atoms with Gasteiger partial charge < -0.3 is 0 Å². The lowest BCUT2D eigenvalue weighted by Gasteiger charge is -2.58. The van der Waals surface area contributed by atoms with Gasteiger partial charge in [0.15, 0.2) is 5.78 Å². The number of allylic oxidation sites excluding steroid dienone is 3. The first-order chi connectivity index (χ1) is 15.8. The first kappa shape index (κ1) is 25.4. The second-order valence-electron chi connectivity index (χ2n) is 13.9. The molecule has 3 heteroatoms. The third kappa shape index (κ3) is 3.94. The van der Waals surface area contributed by atoms with Gasteiger partial charge in [0, 0.05) is 18.3 Å². The van der Waals surface area contributed by atoms with Crippen LogP contribution < -0.4 is 0 Å². The molecule has 0 radical (unpaired) electrons. The molecule has 2 unspecified atom stereocenters. The molecule has 0 heterocycles. The molecule has 0 spiro atoms. The van der Waals surface area contributed by atoms with Crippen molar-refractivity contribution in [2.45, 2.75) is 99.3 Å². The molecule has 0 amide bonds. The van der Waals surface area contributed by atoms with Crippen molar-refractivity contribution in [1.29, 1.82) is 5.26 Å². The Morgan fingerprint density at radius 1 is 1.12 bits per heavy atom. The smallest absolute Gasteiger partial charge is 0.176 e. The van der Waals surface area contributed by atoms with Crippen LogP contribution in [0.2, 0.25) is 0 Å². The summed E-state index contributed by atoms with van der Waals surface area (Å²) >= 11 is 0. The highest BCUT2D eigenvalue weighted by atomic mass is 16.1. The van der Waals surface area contributed by atoms with Gasteiger partial charge >= 0.3 is 0 Å². The Kier molecular flexibility index (Phi) is 6.32. The maximum absolute atomic E-state index is 14.4. The largest absolute Gasteiger partial charge is 0.299 e. The number of nitrogens with zero attached hydrogens (tertiary/aromatic N) is 1. The molecule has 0 aliphatic heterocycles. The van der Waals surface area contributed by atoms with Crippen LogP contribution in [0.15, 0.2) is 24.3 Å². The molecule has 4 rings (SSSR count). The molecule has 3 saturated carbocycles. The molecule has 34 heavy (non-hydrogen) atoms. The van der Waals surface area contributed by atoms with Crippen LogP contribution in [0.5, 0.6) is 0 Å². The fraction of sp³-hybridized carbons (Fsp3) is 0.774. The lowest BCUT2D eigenvalue weighted by Crippen LogP contribution is -2.54. The van der Waals surface area contributed by atoms with Gasteiger partial charge in [0.05, 0.1) is 5.57 Å². The Morgan fingerprint density at radius 2 is 1.79 bits per heavy atom. The van der Waals surface area contributed by atoms with Crippen molar-refractivity contribution in [2.75, 3.05) is 0 Å². The summed E-state index contributed by atoms with van der Waals surface area (Å²) in [6.45, 7) is 17.9. The lowest BCUT2D eigenvalue weighted by molar-refractivity contribution is -0.144. The highest BCUT2D eigenvalue weighted by Gasteiger charge is 2.57. The molecule has 0 saturated heterocycles. The monoisotopic (exact) mass is 463 g/mol. The third-order valence-corrected chi connectivity index (χ3v) is 11.3. The summed E-state index contributed by atoms with van der Waals surface area (Å²) in [4.78, 5) is 27.1. The number of hydrogen-bond donors (Lipinski definition) is 0. The minimum absolute atomic E-state index is 0.00867. The number of ketones is 2. The van der Waals surface area contributed by atoms with E-state index in [1.54, 1.807) is 0 Å². The Hall–Kier alpha value is -1.69. The van der Waals surface area contributed by atoms with Gasteiger partial charge in [-0.05, 0) is 84.4 Å². The van der Waals surface area contributed by atoms with Crippen molar-refractivity contribution >= 4 is 11.6 Å². The number of carbonyl (C=O) groups is 2. The van der Waals surface area contributed by atoms with Crippen LogP contribution in [-0.4, -0.2) is 11.6 Å². The molecule has 0 N–H and O–H groups in total. The second-order valence-corrected chi connectivity index (χ2v) is 13.9. The standard InChI is InChI=1S/C31H45NO2/c1-8-29(5)14-15-30(6)13-12-28(3,4)18-24(30)26(29)25(33)16-22-10-9-11-23-20(2)27(34)21(19-32)17-31(22,23)7/h8,17,20,22-24,26H,1,9-16,18H2,2-7H3/t20-,22+,23-,24?,26?,29+,30+,31+/m0/s1. The SMILES string of the molecule is C=C[C@]1(C)CC[C@@]2(C)CCC(C)(C)CC2C1C(=O)C[C@H]1CCC[C@H]2[C@H](C)C(=O)C(C#N)=C[C@]12C. The topological polar surface area (TPSA) is 57.9 Å². The summed E-state index contributed by atoms with van der Waals surface area (Å²) in [5.74, 6) is 1.07. The summed E-state index contributed by atoms with van der Waals surface area (Å²) in [7, 11) is 0. The minimum Gasteiger partial charge on any atom is -0.299 e. The summed E-state index contributed by atoms with van der Waals surface area (Å²) in [5, 5.41) is 9.65. The van der Waals surface area contributed by atoms with Crippen molar-refractivity contribution in [3.8, 4) is 6.07 Å². The fourth-order valence-corrected chi connectivity index (χ4v) is 8.69. The van der Waals surface area contributed by atoms with Gasteiger partial charge in [-0.1, -0.05) is 60.1 Å². The number of nitriles is 1. The van der Waals surface area contributed by atoms with Gasteiger partial charge in [0.2, 0.25) is 0 Å². The van der Waals surface area contributed by atoms with E-state index in [2.05, 4.69) is 53.3 Å². The van der Waals surface area contributed by atoms with Gasteiger partial charge in [0.25, 0.3) is 0 Å². The Balaban J connectivity index is 1.68. The first-order valence-corrected chi connectivity index (χ1v) is 13.6. The molecule has 4 aliphatic rings. The zero-order chi connectivity index (χ0) is 25.1. The maximum atomic E-state index is 14.4. The summed E-state index contributed by atoms with van der Waals surface area (Å²) in [6.07, 6.45) is 13.4. The predicted molar refractivity (Wildman–Crippen MR) is 137 cm³/mol. The van der Waals surface area contributed by atoms with Gasteiger partial charge in [-0.2, -0.15) is 5.26 Å². The van der Waals surface area contributed by atoms with Crippen LogP contribution in [0.1, 0.15) is 99.3 Å². The number of hydrogen-bond acceptors (Lipinski definition) is 3. The Bertz CT molecular complexity index is 953. The fourth-order valence-electron chi connectivity index (χ4n) is 8.69. The molecule has 3 nitrogen and oxygen atoms in total. The highest BCUT2D eigenvalue weighted by Crippen LogP contribution is 2.63. The quantitative estimate of drug-likeness (QED) is 0.406. The summed E-state index contributed by atoms with van der Waals surface area (Å²) < 4.78 is 0. The van der Waals surface area contributed by atoms with Gasteiger partial charge in [-0.25, -0.2) is 0 Å². The number of Topliss-reactive ketones (excluding diaryl/α,β-unsaturated/α-hetero) is 2. The van der Waals surface area contributed by atoms with Crippen molar-refractivity contribution < 1.29 is 9.59 Å². The molecule has 186 valence electrons. The van der Waals surface area contributed by atoms with Crippen LogP contribution in [0.4, 0.5) is 0 Å². The molecular weight excluding hydrogens is 418 g/mol. The molecule has 0 aromatic rings. The van der Waals surface area contributed by atoms with E-state index in [0.29, 0.717) is 23.7 Å². The van der Waals surface area contributed by atoms with E-state index in [0.717, 1.165) is 32.1 Å². The summed E-state index contributed by atoms with van der Waals surface area (Å²) in [5.41, 5.74) is 0.388. The maximum Gasteiger partial charge on any atom is 0.176 e. The van der Waals surface area contributed by atoms with Crippen LogP contribution in [0, 0.1) is 62.6 Å². The first-order valence-electron chi connectivity index (χ1n) is 13.6. The summed E-state index contributed by atoms with van der Waals surface area (Å²) in [6, 6.07) is 2.17. The zero-order valence-corrected chi connectivity index (χ0v) is 22.4. The number of carbonyl (C=O) groups excluding carboxylic acids is 2. The van der Waals surface area contributed by atoms with E-state index in [1.807, 2.05) is 13.0 Å². The van der Waals surface area contributed by atoms with Gasteiger partial charge in [-0.3, -0.25) is 9.59 Å². The van der Waals surface area contributed by atoms with E-state index in [-0.39, 0.29) is 51.1 Å². The van der Waals surface area contributed by atoms with Crippen LogP contribution in [0.25, 0.3) is 0 Å². The van der Waals surface area contributed by atoms with E-state index in [9.17, 15) is 14.9 Å². The molecule has 8 atom stereocenters. The molecule has 0 aromatic carbocycles. The van der Waals surface area contributed by atoms with Crippen molar-refractivity contribution in [2.24, 2.45) is 51.2 Å². The zero-order valence-electron chi connectivity index (χ0n) is 22.4. The predicted octanol–water partition coefficient (Wildman–Crippen LogP) is 7.47. The second kappa shape index (κ2) is 8.46. The van der Waals surface area contributed by atoms with Crippen LogP contribution >= 0.6 is 0 Å². The van der Waals surface area contributed by atoms with Crippen molar-refractivity contribution in [3.63, 3.8) is 0 Å². The molecule has 3 fully saturated rings. The number of fused-ring (bicyclic) bond motifs is 2. The van der Waals surface area contributed by atoms with Gasteiger partial charge in [0.1, 0.15) is 11.9 Å². The van der Waals surface area contributed by atoms with Crippen LogP contribution in [-0.2, 0) is 9.59 Å². The Labute approximate surface area is 207 Å². The third-order valence-electron chi connectivity index (χ3n) is 11.3. The van der Waals surface area contributed by atoms with E-state index in [1.165, 1.54) is 19.3 Å². The van der Waals surface area contributed by atoms with E-state index in [4.69, 9.17) is 0 Å². The van der Waals surface area contributed by atoms with Gasteiger partial charge in [-0.15, -0.1) is 6.58 Å². The lowest BCUT2D eigenvalue weighted by atomic mass is 9.45. The molecule has 4 aliphatic carbocycles. The number of rotatable bonds is 4. The molecular formula is C31H45NO2. The van der Waals surface area contributed by atoms with Crippen molar-refractivity contribution in [1.82, 2.24) is 0 Å². The normalized spacial score (nSPS) is 45.9. The average Bonchev–Trinajstić information content (AvgIpc) is 2.78. The Morgan fingerprint density at radius 3 is 2.44 bits per heavy atom. The van der Waals surface area contributed by atoms with Crippen LogP contribution in [0.3, 0.4) is 0 Å². The van der Waals surface area contributed by atoms with E-state index < -0.39 is 0 Å². The van der Waals surface area contributed by atoms with Crippen molar-refractivity contribution in [3.05, 3.63) is 24.3 Å².